The molecule has 2 aromatic rings. The van der Waals surface area contributed by atoms with Gasteiger partial charge in [-0.25, -0.2) is 9.89 Å². The highest BCUT2D eigenvalue weighted by Crippen LogP contribution is 2.30. The molecule has 5 nitrogen and oxygen atoms in total. The number of carbonyl (C=O) groups is 1. The highest BCUT2D eigenvalue weighted by molar-refractivity contribution is 5.90. The second-order valence-corrected chi connectivity index (χ2v) is 4.25. The monoisotopic (exact) mass is 246 g/mol. The second kappa shape index (κ2) is 4.52. The molecule has 1 aromatic carbocycles. The van der Waals surface area contributed by atoms with Gasteiger partial charge in [-0.15, -0.1) is 0 Å². The molecule has 0 amide bonds. The molecule has 1 heterocycles. The van der Waals surface area contributed by atoms with E-state index in [2.05, 4.69) is 10.2 Å². The summed E-state index contributed by atoms with van der Waals surface area (Å²) in [7, 11) is 0. The predicted octanol–water partition coefficient (Wildman–Crippen LogP) is 2.83. The Labute approximate surface area is 104 Å². The minimum absolute atomic E-state index is 0.0226. The summed E-state index contributed by atoms with van der Waals surface area (Å²) in [6, 6.07) is 3.97. The Balaban J connectivity index is 2.40. The Morgan fingerprint density at radius 3 is 2.44 bits per heavy atom. The van der Waals surface area contributed by atoms with Crippen molar-refractivity contribution in [2.45, 2.75) is 20.8 Å². The molecule has 5 heteroatoms. The molecule has 0 saturated heterocycles. The van der Waals surface area contributed by atoms with Crippen LogP contribution < -0.4 is 4.74 Å². The van der Waals surface area contributed by atoms with E-state index in [1.807, 2.05) is 32.9 Å². The maximum absolute atomic E-state index is 11.0. The number of aromatic carboxylic acids is 1. The summed E-state index contributed by atoms with van der Waals surface area (Å²) in [6.45, 7) is 5.85. The van der Waals surface area contributed by atoms with Crippen LogP contribution in [-0.2, 0) is 0 Å². The van der Waals surface area contributed by atoms with Crippen molar-refractivity contribution in [3.8, 4) is 11.6 Å². The van der Waals surface area contributed by atoms with E-state index in [1.165, 1.54) is 6.20 Å². The first-order chi connectivity index (χ1) is 8.49. The van der Waals surface area contributed by atoms with Crippen LogP contribution >= 0.6 is 0 Å². The van der Waals surface area contributed by atoms with Crippen molar-refractivity contribution in [1.29, 1.82) is 0 Å². The molecule has 0 radical (unpaired) electrons. The van der Waals surface area contributed by atoms with Crippen LogP contribution in [0.2, 0.25) is 0 Å². The van der Waals surface area contributed by atoms with Crippen molar-refractivity contribution in [1.82, 2.24) is 10.2 Å². The molecule has 0 atom stereocenters. The fraction of sp³-hybridized carbons (Fsp3) is 0.231. The molecular formula is C13H14N2O3. The van der Waals surface area contributed by atoms with Gasteiger partial charge in [-0.05, 0) is 31.9 Å². The molecule has 2 N–H and O–H groups in total. The number of nitrogens with one attached hydrogen (secondary N) is 1. The van der Waals surface area contributed by atoms with Gasteiger partial charge in [-0.1, -0.05) is 17.7 Å². The zero-order chi connectivity index (χ0) is 13.3. The number of aryl methyl sites for hydroxylation is 3. The largest absolute Gasteiger partial charge is 0.477 e. The number of aromatic amines is 1. The van der Waals surface area contributed by atoms with E-state index in [4.69, 9.17) is 9.84 Å². The molecule has 0 spiro atoms. The molecule has 2 rings (SSSR count). The average molecular weight is 246 g/mol. The van der Waals surface area contributed by atoms with Crippen molar-refractivity contribution in [2.75, 3.05) is 0 Å². The number of ether oxygens (including phenoxy) is 1. The number of rotatable bonds is 3. The molecule has 94 valence electrons. The molecule has 1 aromatic heterocycles. The summed E-state index contributed by atoms with van der Waals surface area (Å²) in [5.41, 5.74) is 3.08. The SMILES string of the molecule is Cc1cc(C)c(Oc2[nH]ncc2C(=O)O)c(C)c1. The molecule has 0 aliphatic carbocycles. The first-order valence-electron chi connectivity index (χ1n) is 5.51. The number of hydrogen-bond acceptors (Lipinski definition) is 3. The molecule has 0 aliphatic rings. The molecule has 0 aliphatic heterocycles. The maximum atomic E-state index is 11.0. The van der Waals surface area contributed by atoms with Crippen LogP contribution in [0.1, 0.15) is 27.0 Å². The smallest absolute Gasteiger partial charge is 0.342 e. The van der Waals surface area contributed by atoms with Gasteiger partial charge in [0.2, 0.25) is 5.88 Å². The normalized spacial score (nSPS) is 10.4. The van der Waals surface area contributed by atoms with Gasteiger partial charge < -0.3 is 9.84 Å². The molecular weight excluding hydrogens is 232 g/mol. The second-order valence-electron chi connectivity index (χ2n) is 4.25. The lowest BCUT2D eigenvalue weighted by atomic mass is 10.1. The van der Waals surface area contributed by atoms with E-state index in [0.717, 1.165) is 16.7 Å². The van der Waals surface area contributed by atoms with Crippen molar-refractivity contribution < 1.29 is 14.6 Å². The lowest BCUT2D eigenvalue weighted by Gasteiger charge is -2.11. The molecule has 0 bridgehead atoms. The Kier molecular flexibility index (Phi) is 3.06. The Hall–Kier alpha value is -2.30. The number of benzene rings is 1. The summed E-state index contributed by atoms with van der Waals surface area (Å²) in [6.07, 6.45) is 1.23. The Morgan fingerprint density at radius 1 is 1.28 bits per heavy atom. The first-order valence-corrected chi connectivity index (χ1v) is 5.51. The summed E-state index contributed by atoms with van der Waals surface area (Å²) in [4.78, 5) is 11.0. The van der Waals surface area contributed by atoms with E-state index in [9.17, 15) is 4.79 Å². The third-order valence-corrected chi connectivity index (χ3v) is 2.64. The highest BCUT2D eigenvalue weighted by atomic mass is 16.5. The fourth-order valence-corrected chi connectivity index (χ4v) is 1.93. The number of hydrogen-bond donors (Lipinski definition) is 2. The van der Waals surface area contributed by atoms with Crippen LogP contribution in [0.4, 0.5) is 0 Å². The van der Waals surface area contributed by atoms with Gasteiger partial charge in [0.05, 0.1) is 6.20 Å². The summed E-state index contributed by atoms with van der Waals surface area (Å²) in [5.74, 6) is -0.258. The van der Waals surface area contributed by atoms with Gasteiger partial charge in [0.15, 0.2) is 0 Å². The third kappa shape index (κ3) is 2.20. The highest BCUT2D eigenvalue weighted by Gasteiger charge is 2.16. The van der Waals surface area contributed by atoms with Gasteiger partial charge in [-0.3, -0.25) is 0 Å². The van der Waals surface area contributed by atoms with Crippen molar-refractivity contribution in [3.05, 3.63) is 40.6 Å². The van der Waals surface area contributed by atoms with Gasteiger partial charge >= 0.3 is 5.97 Å². The Bertz CT molecular complexity index is 579. The molecule has 18 heavy (non-hydrogen) atoms. The van der Waals surface area contributed by atoms with E-state index in [-0.39, 0.29) is 11.4 Å². The van der Waals surface area contributed by atoms with E-state index in [0.29, 0.717) is 5.75 Å². The average Bonchev–Trinajstić information content (AvgIpc) is 2.71. The van der Waals surface area contributed by atoms with Gasteiger partial charge in [0, 0.05) is 0 Å². The zero-order valence-corrected chi connectivity index (χ0v) is 10.4. The molecule has 0 fully saturated rings. The zero-order valence-electron chi connectivity index (χ0n) is 10.4. The van der Waals surface area contributed by atoms with Crippen LogP contribution in [-0.4, -0.2) is 21.3 Å². The summed E-state index contributed by atoms with van der Waals surface area (Å²) in [5, 5.41) is 15.2. The number of carboxylic acids is 1. The minimum atomic E-state index is -1.07. The van der Waals surface area contributed by atoms with Crippen molar-refractivity contribution in [3.63, 3.8) is 0 Å². The Morgan fingerprint density at radius 2 is 1.89 bits per heavy atom. The summed E-state index contributed by atoms with van der Waals surface area (Å²) < 4.78 is 5.63. The number of aromatic nitrogens is 2. The lowest BCUT2D eigenvalue weighted by Crippen LogP contribution is -1.99. The van der Waals surface area contributed by atoms with Crippen LogP contribution in [0.5, 0.6) is 11.6 Å². The van der Waals surface area contributed by atoms with Crippen molar-refractivity contribution >= 4 is 5.97 Å². The number of H-pyrrole nitrogens is 1. The predicted molar refractivity (Wildman–Crippen MR) is 66.3 cm³/mol. The number of nitrogens with zero attached hydrogens (tertiary/aromatic N) is 1. The van der Waals surface area contributed by atoms with Crippen LogP contribution in [0, 0.1) is 20.8 Å². The standard InChI is InChI=1S/C13H14N2O3/c1-7-4-8(2)11(9(3)5-7)18-12-10(13(16)17)6-14-15-12/h4-6H,1-3H3,(H,14,15)(H,16,17). The molecule has 0 unspecified atom stereocenters. The van der Waals surface area contributed by atoms with Crippen LogP contribution in [0.15, 0.2) is 18.3 Å². The lowest BCUT2D eigenvalue weighted by molar-refractivity contribution is 0.0694. The van der Waals surface area contributed by atoms with Gasteiger partial charge in [0.1, 0.15) is 11.3 Å². The van der Waals surface area contributed by atoms with Crippen LogP contribution in [0.25, 0.3) is 0 Å². The van der Waals surface area contributed by atoms with Gasteiger partial charge in [0.25, 0.3) is 0 Å². The van der Waals surface area contributed by atoms with Gasteiger partial charge in [-0.2, -0.15) is 5.10 Å². The molecule has 0 saturated carbocycles. The third-order valence-electron chi connectivity index (χ3n) is 2.64. The summed E-state index contributed by atoms with van der Waals surface area (Å²) >= 11 is 0. The van der Waals surface area contributed by atoms with E-state index < -0.39 is 5.97 Å². The first kappa shape index (κ1) is 12.2. The maximum Gasteiger partial charge on any atom is 0.342 e. The van der Waals surface area contributed by atoms with Crippen LogP contribution in [0.3, 0.4) is 0 Å². The van der Waals surface area contributed by atoms with E-state index in [1.54, 1.807) is 0 Å². The van der Waals surface area contributed by atoms with Crippen molar-refractivity contribution in [2.24, 2.45) is 0 Å². The number of carboxylic acid groups (broad SMARTS) is 1. The quantitative estimate of drug-likeness (QED) is 0.873. The minimum Gasteiger partial charge on any atom is -0.477 e. The topological polar surface area (TPSA) is 75.2 Å². The van der Waals surface area contributed by atoms with E-state index >= 15 is 0 Å². The fourth-order valence-electron chi connectivity index (χ4n) is 1.93.